The number of fused-ring (bicyclic) bond motifs is 2. The number of anilines is 1. The summed E-state index contributed by atoms with van der Waals surface area (Å²) in [7, 11) is 0. The lowest BCUT2D eigenvalue weighted by Gasteiger charge is -2.40. The van der Waals surface area contributed by atoms with E-state index in [4.69, 9.17) is 4.98 Å². The molecule has 0 radical (unpaired) electrons. The van der Waals surface area contributed by atoms with Crippen LogP contribution in [0.2, 0.25) is 0 Å². The molecule has 7 nitrogen and oxygen atoms in total. The number of piperidine rings is 1. The molecule has 0 N–H and O–H groups in total. The first-order valence-electron chi connectivity index (χ1n) is 11.2. The van der Waals surface area contributed by atoms with Gasteiger partial charge in [0.2, 0.25) is 5.95 Å². The average Bonchev–Trinajstić information content (AvgIpc) is 3.46. The van der Waals surface area contributed by atoms with Crippen molar-refractivity contribution < 1.29 is 0 Å². The Morgan fingerprint density at radius 2 is 1.97 bits per heavy atom. The zero-order valence-corrected chi connectivity index (χ0v) is 19.2. The van der Waals surface area contributed by atoms with Crippen LogP contribution in [0.1, 0.15) is 35.1 Å². The number of aryl methyl sites for hydroxylation is 1. The number of rotatable bonds is 3. The van der Waals surface area contributed by atoms with E-state index in [1.807, 2.05) is 41.2 Å². The van der Waals surface area contributed by atoms with Crippen LogP contribution in [0.25, 0.3) is 5.65 Å². The molecule has 1 fully saturated rings. The lowest BCUT2D eigenvalue weighted by atomic mass is 9.76. The summed E-state index contributed by atoms with van der Waals surface area (Å²) in [4.78, 5) is 13.5. The van der Waals surface area contributed by atoms with Gasteiger partial charge in [-0.05, 0) is 66.8 Å². The van der Waals surface area contributed by atoms with E-state index in [9.17, 15) is 5.26 Å². The van der Waals surface area contributed by atoms with Gasteiger partial charge in [0, 0.05) is 36.6 Å². The molecule has 1 spiro atoms. The molecule has 3 aromatic heterocycles. The van der Waals surface area contributed by atoms with E-state index in [1.54, 1.807) is 18.1 Å². The van der Waals surface area contributed by atoms with Crippen molar-refractivity contribution in [1.29, 1.82) is 5.26 Å². The van der Waals surface area contributed by atoms with Gasteiger partial charge in [-0.25, -0.2) is 9.38 Å². The minimum absolute atomic E-state index is 0.257. The van der Waals surface area contributed by atoms with Gasteiger partial charge in [0.25, 0.3) is 0 Å². The Bertz CT molecular complexity index is 1400. The molecule has 1 aromatic carbocycles. The maximum Gasteiger partial charge on any atom is 0.212 e. The van der Waals surface area contributed by atoms with Crippen LogP contribution < -0.4 is 4.90 Å². The molecule has 0 unspecified atom stereocenters. The van der Waals surface area contributed by atoms with Crippen LogP contribution in [0.5, 0.6) is 0 Å². The van der Waals surface area contributed by atoms with E-state index in [0.29, 0.717) is 0 Å². The van der Waals surface area contributed by atoms with Crippen LogP contribution in [-0.4, -0.2) is 37.7 Å². The van der Waals surface area contributed by atoms with Gasteiger partial charge in [0.15, 0.2) is 5.65 Å². The van der Waals surface area contributed by atoms with Crippen molar-refractivity contribution in [2.45, 2.75) is 42.4 Å². The summed E-state index contributed by atoms with van der Waals surface area (Å²) in [5, 5.41) is 18.1. The lowest BCUT2D eigenvalue weighted by Crippen LogP contribution is -2.41. The number of benzene rings is 1. The topological polar surface area (TPSA) is 83.0 Å². The molecule has 2 aliphatic rings. The predicted octanol–water partition coefficient (Wildman–Crippen LogP) is 4.24. The van der Waals surface area contributed by atoms with Crippen molar-refractivity contribution in [3.63, 3.8) is 0 Å². The van der Waals surface area contributed by atoms with E-state index in [0.717, 1.165) is 71.3 Å². The third-order valence-corrected chi connectivity index (χ3v) is 8.27. The second-order valence-electron chi connectivity index (χ2n) is 9.09. The fourth-order valence-electron chi connectivity index (χ4n) is 5.28. The first kappa shape index (κ1) is 20.2. The molecule has 1 saturated heterocycles. The van der Waals surface area contributed by atoms with Crippen LogP contribution in [0.4, 0.5) is 5.95 Å². The molecular weight excluding hydrogens is 430 g/mol. The van der Waals surface area contributed by atoms with Gasteiger partial charge in [-0.15, -0.1) is 10.2 Å². The first-order chi connectivity index (χ1) is 16.2. The van der Waals surface area contributed by atoms with Gasteiger partial charge in [-0.3, -0.25) is 4.98 Å². The number of nitrogens with zero attached hydrogens (tertiary/aromatic N) is 7. The predicted molar refractivity (Wildman–Crippen MR) is 126 cm³/mol. The molecule has 1 aliphatic carbocycles. The monoisotopic (exact) mass is 453 g/mol. The molecule has 0 amide bonds. The Labute approximate surface area is 196 Å². The van der Waals surface area contributed by atoms with Gasteiger partial charge < -0.3 is 4.90 Å². The van der Waals surface area contributed by atoms with Crippen LogP contribution in [0.15, 0.2) is 59.0 Å². The molecule has 164 valence electrons. The van der Waals surface area contributed by atoms with Crippen LogP contribution in [-0.2, 0) is 12.8 Å². The molecule has 4 heterocycles. The highest BCUT2D eigenvalue weighted by atomic mass is 32.2. The van der Waals surface area contributed by atoms with Crippen molar-refractivity contribution >= 4 is 23.4 Å². The number of hydrogen-bond acceptors (Lipinski definition) is 7. The van der Waals surface area contributed by atoms with E-state index in [1.165, 1.54) is 11.1 Å². The van der Waals surface area contributed by atoms with Crippen molar-refractivity contribution in [1.82, 2.24) is 24.6 Å². The lowest BCUT2D eigenvalue weighted by molar-refractivity contribution is 0.231. The zero-order valence-electron chi connectivity index (χ0n) is 18.4. The standard InChI is InChI=1S/C25H23N7S/c1-17-14-27-8-5-21(17)33-22-15-28-24(32-16-29-30-23(22)32)31-9-6-25(7-10-31)11-18-3-2-4-19(13-26)20(18)12-25/h2-5,8,14-16H,6-7,9-12H2,1H3. The molecule has 0 atom stereocenters. The third kappa shape index (κ3) is 3.44. The fraction of sp³-hybridized carbons (Fsp3) is 0.320. The molecule has 33 heavy (non-hydrogen) atoms. The van der Waals surface area contributed by atoms with E-state index in [-0.39, 0.29) is 5.41 Å². The van der Waals surface area contributed by atoms with Gasteiger partial charge in [-0.1, -0.05) is 23.9 Å². The number of pyridine rings is 1. The van der Waals surface area contributed by atoms with E-state index >= 15 is 0 Å². The fourth-order valence-corrected chi connectivity index (χ4v) is 6.19. The highest BCUT2D eigenvalue weighted by molar-refractivity contribution is 7.99. The Kier molecular flexibility index (Phi) is 4.80. The maximum atomic E-state index is 9.50. The van der Waals surface area contributed by atoms with Crippen molar-refractivity contribution in [3.05, 3.63) is 71.4 Å². The highest BCUT2D eigenvalue weighted by Gasteiger charge is 2.41. The number of hydrogen-bond donors (Lipinski definition) is 0. The smallest absolute Gasteiger partial charge is 0.212 e. The van der Waals surface area contributed by atoms with E-state index in [2.05, 4.69) is 39.1 Å². The average molecular weight is 454 g/mol. The SMILES string of the molecule is Cc1cnccc1Sc1cnc(N2CCC3(CC2)Cc2cccc(C#N)c2C3)n2cnnc12. The summed E-state index contributed by atoms with van der Waals surface area (Å²) in [5.74, 6) is 0.897. The van der Waals surface area contributed by atoms with Crippen LogP contribution >= 0.6 is 11.8 Å². The van der Waals surface area contributed by atoms with Gasteiger partial charge in [0.1, 0.15) is 6.33 Å². The van der Waals surface area contributed by atoms with Crippen LogP contribution in [0.3, 0.4) is 0 Å². The summed E-state index contributed by atoms with van der Waals surface area (Å²) < 4.78 is 2.01. The summed E-state index contributed by atoms with van der Waals surface area (Å²) in [5.41, 5.74) is 5.68. The normalized spacial score (nSPS) is 16.8. The summed E-state index contributed by atoms with van der Waals surface area (Å²) in [6.07, 6.45) is 11.6. The zero-order chi connectivity index (χ0) is 22.4. The molecule has 1 aliphatic heterocycles. The minimum Gasteiger partial charge on any atom is -0.342 e. The molecule has 4 aromatic rings. The maximum absolute atomic E-state index is 9.50. The van der Waals surface area contributed by atoms with Crippen molar-refractivity contribution in [2.24, 2.45) is 5.41 Å². The van der Waals surface area contributed by atoms with Gasteiger partial charge in [-0.2, -0.15) is 5.26 Å². The Morgan fingerprint density at radius 3 is 2.79 bits per heavy atom. The molecule has 6 rings (SSSR count). The Morgan fingerprint density at radius 1 is 1.09 bits per heavy atom. The molecule has 0 saturated carbocycles. The molecule has 0 bridgehead atoms. The quantitative estimate of drug-likeness (QED) is 0.459. The Balaban J connectivity index is 1.24. The molecule has 8 heteroatoms. The van der Waals surface area contributed by atoms with Gasteiger partial charge in [0.05, 0.1) is 16.5 Å². The largest absolute Gasteiger partial charge is 0.342 e. The third-order valence-electron chi connectivity index (χ3n) is 7.09. The van der Waals surface area contributed by atoms with Crippen molar-refractivity contribution in [2.75, 3.05) is 18.0 Å². The summed E-state index contributed by atoms with van der Waals surface area (Å²) >= 11 is 1.64. The summed E-state index contributed by atoms with van der Waals surface area (Å²) in [6, 6.07) is 10.6. The first-order valence-corrected chi connectivity index (χ1v) is 12.0. The van der Waals surface area contributed by atoms with Crippen molar-refractivity contribution in [3.8, 4) is 6.07 Å². The second kappa shape index (κ2) is 7.85. The Hall–Kier alpha value is -3.44. The highest BCUT2D eigenvalue weighted by Crippen LogP contribution is 2.46. The van der Waals surface area contributed by atoms with Gasteiger partial charge >= 0.3 is 0 Å². The summed E-state index contributed by atoms with van der Waals surface area (Å²) in [6.45, 7) is 3.93. The molecular formula is C25H23N7S. The van der Waals surface area contributed by atoms with Crippen LogP contribution in [0, 0.1) is 23.7 Å². The minimum atomic E-state index is 0.257. The van der Waals surface area contributed by atoms with E-state index < -0.39 is 0 Å². The number of nitriles is 1. The second-order valence-corrected chi connectivity index (χ2v) is 10.2. The number of aromatic nitrogens is 5.